The number of thiocarbonyl (C=S) groups is 1. The Morgan fingerprint density at radius 1 is 1.38 bits per heavy atom. The molecule has 4 heteroatoms. The van der Waals surface area contributed by atoms with Crippen molar-refractivity contribution in [3.05, 3.63) is 0 Å². The fraction of sp³-hybridized carbons (Fsp3) is 0.833. The van der Waals surface area contributed by atoms with Crippen molar-refractivity contribution >= 4 is 23.1 Å². The van der Waals surface area contributed by atoms with Crippen molar-refractivity contribution in [1.82, 2.24) is 5.32 Å². The van der Waals surface area contributed by atoms with E-state index in [-0.39, 0.29) is 23.3 Å². The maximum absolute atomic E-state index is 12.2. The van der Waals surface area contributed by atoms with Crippen LogP contribution in [0.5, 0.6) is 0 Å². The molecular formula is C12H22N2OS. The largest absolute Gasteiger partial charge is 0.392 e. The Balaban J connectivity index is 2.65. The van der Waals surface area contributed by atoms with Crippen LogP contribution in [0.4, 0.5) is 0 Å². The summed E-state index contributed by atoms with van der Waals surface area (Å²) >= 11 is 4.99. The normalized spacial score (nSPS) is 20.8. The molecule has 1 rings (SSSR count). The molecule has 1 aliphatic carbocycles. The molecule has 1 amide bonds. The van der Waals surface area contributed by atoms with Crippen molar-refractivity contribution in [3.8, 4) is 0 Å². The van der Waals surface area contributed by atoms with Crippen LogP contribution in [0.3, 0.4) is 0 Å². The van der Waals surface area contributed by atoms with Gasteiger partial charge >= 0.3 is 0 Å². The van der Waals surface area contributed by atoms with Crippen LogP contribution >= 0.6 is 12.2 Å². The van der Waals surface area contributed by atoms with E-state index in [1.807, 2.05) is 20.8 Å². The fourth-order valence-corrected chi connectivity index (χ4v) is 2.60. The van der Waals surface area contributed by atoms with Gasteiger partial charge in [-0.15, -0.1) is 0 Å². The minimum absolute atomic E-state index is 0.108. The van der Waals surface area contributed by atoms with Crippen LogP contribution < -0.4 is 11.1 Å². The standard InChI is InChI=1S/C12H22N2OS/c1-8(2)9(10(13)16)14-11(15)12(3)6-4-5-7-12/h8-9H,4-7H2,1-3H3,(H2,13,16)(H,14,15). The molecule has 92 valence electrons. The maximum atomic E-state index is 12.2. The molecule has 1 unspecified atom stereocenters. The zero-order valence-corrected chi connectivity index (χ0v) is 11.2. The van der Waals surface area contributed by atoms with Crippen molar-refractivity contribution in [3.63, 3.8) is 0 Å². The van der Waals surface area contributed by atoms with Gasteiger partial charge in [0.15, 0.2) is 0 Å². The Hall–Kier alpha value is -0.640. The monoisotopic (exact) mass is 242 g/mol. The fourth-order valence-electron chi connectivity index (χ4n) is 2.26. The first kappa shape index (κ1) is 13.4. The quantitative estimate of drug-likeness (QED) is 0.741. The summed E-state index contributed by atoms with van der Waals surface area (Å²) in [4.78, 5) is 12.5. The molecule has 0 aromatic heterocycles. The Bertz CT molecular complexity index is 283. The summed E-state index contributed by atoms with van der Waals surface area (Å²) in [6, 6.07) is -0.181. The lowest BCUT2D eigenvalue weighted by Gasteiger charge is -2.28. The second-order valence-electron chi connectivity index (χ2n) is 5.37. The number of hydrogen-bond acceptors (Lipinski definition) is 2. The van der Waals surface area contributed by atoms with Crippen LogP contribution in [0.25, 0.3) is 0 Å². The highest BCUT2D eigenvalue weighted by atomic mass is 32.1. The second kappa shape index (κ2) is 5.13. The Labute approximate surface area is 103 Å². The molecular weight excluding hydrogens is 220 g/mol. The predicted molar refractivity (Wildman–Crippen MR) is 70.1 cm³/mol. The van der Waals surface area contributed by atoms with E-state index in [2.05, 4.69) is 5.32 Å². The molecule has 0 heterocycles. The third-order valence-corrected chi connectivity index (χ3v) is 3.77. The summed E-state index contributed by atoms with van der Waals surface area (Å²) in [7, 11) is 0. The third kappa shape index (κ3) is 2.94. The van der Waals surface area contributed by atoms with Gasteiger partial charge in [-0.25, -0.2) is 0 Å². The van der Waals surface area contributed by atoms with E-state index in [0.717, 1.165) is 25.7 Å². The molecule has 1 aliphatic rings. The number of amides is 1. The van der Waals surface area contributed by atoms with Crippen molar-refractivity contribution in [1.29, 1.82) is 0 Å². The summed E-state index contributed by atoms with van der Waals surface area (Å²) in [5.41, 5.74) is 5.43. The Morgan fingerprint density at radius 3 is 2.25 bits per heavy atom. The number of carbonyl (C=O) groups excluding carboxylic acids is 1. The van der Waals surface area contributed by atoms with Gasteiger partial charge in [-0.3, -0.25) is 4.79 Å². The lowest BCUT2D eigenvalue weighted by molar-refractivity contribution is -0.130. The maximum Gasteiger partial charge on any atom is 0.226 e. The molecule has 0 bridgehead atoms. The Morgan fingerprint density at radius 2 is 1.88 bits per heavy atom. The number of nitrogens with two attached hydrogens (primary N) is 1. The molecule has 0 radical (unpaired) electrons. The minimum Gasteiger partial charge on any atom is -0.392 e. The van der Waals surface area contributed by atoms with E-state index in [1.54, 1.807) is 0 Å². The summed E-state index contributed by atoms with van der Waals surface area (Å²) in [6.07, 6.45) is 4.23. The number of hydrogen-bond donors (Lipinski definition) is 2. The van der Waals surface area contributed by atoms with Gasteiger partial charge in [0.2, 0.25) is 5.91 Å². The molecule has 16 heavy (non-hydrogen) atoms. The number of nitrogens with one attached hydrogen (secondary N) is 1. The average molecular weight is 242 g/mol. The van der Waals surface area contributed by atoms with Crippen LogP contribution in [0.15, 0.2) is 0 Å². The summed E-state index contributed by atoms with van der Waals surface area (Å²) < 4.78 is 0. The molecule has 1 atom stereocenters. The van der Waals surface area contributed by atoms with E-state index in [9.17, 15) is 4.79 Å². The van der Waals surface area contributed by atoms with Gasteiger partial charge in [0.05, 0.1) is 11.0 Å². The third-order valence-electron chi connectivity index (χ3n) is 3.52. The molecule has 0 spiro atoms. The molecule has 1 fully saturated rings. The van der Waals surface area contributed by atoms with Crippen molar-refractivity contribution in [2.75, 3.05) is 0 Å². The first-order chi connectivity index (χ1) is 7.37. The van der Waals surface area contributed by atoms with E-state index in [1.165, 1.54) is 0 Å². The minimum atomic E-state index is -0.210. The Kier molecular flexibility index (Phi) is 4.30. The number of rotatable bonds is 4. The summed E-state index contributed by atoms with van der Waals surface area (Å²) in [6.45, 7) is 6.06. The van der Waals surface area contributed by atoms with Crippen LogP contribution in [-0.2, 0) is 4.79 Å². The van der Waals surface area contributed by atoms with Gasteiger partial charge in [-0.1, -0.05) is 45.8 Å². The SMILES string of the molecule is CC(C)C(NC(=O)C1(C)CCCC1)C(N)=S. The average Bonchev–Trinajstić information content (AvgIpc) is 2.61. The van der Waals surface area contributed by atoms with E-state index >= 15 is 0 Å². The second-order valence-corrected chi connectivity index (χ2v) is 5.84. The lowest BCUT2D eigenvalue weighted by Crippen LogP contribution is -2.50. The smallest absolute Gasteiger partial charge is 0.226 e. The molecule has 0 aliphatic heterocycles. The van der Waals surface area contributed by atoms with Gasteiger partial charge in [0, 0.05) is 5.41 Å². The van der Waals surface area contributed by atoms with E-state index < -0.39 is 0 Å². The highest BCUT2D eigenvalue weighted by Gasteiger charge is 2.37. The molecule has 3 nitrogen and oxygen atoms in total. The van der Waals surface area contributed by atoms with Gasteiger partial charge in [0.25, 0.3) is 0 Å². The molecule has 1 saturated carbocycles. The predicted octanol–water partition coefficient (Wildman–Crippen LogP) is 1.99. The highest BCUT2D eigenvalue weighted by molar-refractivity contribution is 7.80. The summed E-state index contributed by atoms with van der Waals surface area (Å²) in [5.74, 6) is 0.350. The molecule has 3 N–H and O–H groups in total. The van der Waals surface area contributed by atoms with Crippen LogP contribution in [0.2, 0.25) is 0 Å². The zero-order chi connectivity index (χ0) is 12.3. The zero-order valence-electron chi connectivity index (χ0n) is 10.4. The van der Waals surface area contributed by atoms with Crippen LogP contribution in [0, 0.1) is 11.3 Å². The number of carbonyl (C=O) groups is 1. The molecule has 0 aromatic carbocycles. The van der Waals surface area contributed by atoms with Gasteiger partial charge in [0.1, 0.15) is 0 Å². The molecule has 0 saturated heterocycles. The first-order valence-corrected chi connectivity index (χ1v) is 6.38. The van der Waals surface area contributed by atoms with Crippen molar-refractivity contribution < 1.29 is 4.79 Å². The van der Waals surface area contributed by atoms with Crippen LogP contribution in [0.1, 0.15) is 46.5 Å². The van der Waals surface area contributed by atoms with Gasteiger partial charge in [-0.05, 0) is 18.8 Å². The summed E-state index contributed by atoms with van der Waals surface area (Å²) in [5, 5.41) is 2.99. The van der Waals surface area contributed by atoms with E-state index in [0.29, 0.717) is 4.99 Å². The van der Waals surface area contributed by atoms with Crippen molar-refractivity contribution in [2.45, 2.75) is 52.5 Å². The van der Waals surface area contributed by atoms with Gasteiger partial charge < -0.3 is 11.1 Å². The topological polar surface area (TPSA) is 55.1 Å². The van der Waals surface area contributed by atoms with E-state index in [4.69, 9.17) is 18.0 Å². The molecule has 0 aromatic rings. The first-order valence-electron chi connectivity index (χ1n) is 5.97. The lowest BCUT2D eigenvalue weighted by atomic mass is 9.87. The highest BCUT2D eigenvalue weighted by Crippen LogP contribution is 2.37. The van der Waals surface area contributed by atoms with Crippen molar-refractivity contribution in [2.24, 2.45) is 17.1 Å². The van der Waals surface area contributed by atoms with Gasteiger partial charge in [-0.2, -0.15) is 0 Å². The van der Waals surface area contributed by atoms with Crippen LogP contribution in [-0.4, -0.2) is 16.9 Å².